The molecule has 25 heavy (non-hydrogen) atoms. The number of aliphatic imine (C=N–C) groups is 1. The largest absolute Gasteiger partial charge is 0.357 e. The summed E-state index contributed by atoms with van der Waals surface area (Å²) in [4.78, 5) is 6.75. The topological polar surface area (TPSA) is 91.6 Å². The van der Waals surface area contributed by atoms with Crippen LogP contribution >= 0.6 is 24.0 Å². The number of aryl methyl sites for hydroxylation is 1. The minimum Gasteiger partial charge on any atom is -0.357 e. The van der Waals surface area contributed by atoms with Crippen LogP contribution in [-0.2, 0) is 16.9 Å². The van der Waals surface area contributed by atoms with Crippen molar-refractivity contribution in [1.29, 1.82) is 0 Å². The second kappa shape index (κ2) is 9.72. The summed E-state index contributed by atoms with van der Waals surface area (Å²) in [5, 5.41) is 10.7. The third-order valence-electron chi connectivity index (χ3n) is 4.07. The first-order chi connectivity index (χ1) is 11.3. The zero-order valence-electron chi connectivity index (χ0n) is 15.3. The summed E-state index contributed by atoms with van der Waals surface area (Å²) >= 11 is 0. The second-order valence-electron chi connectivity index (χ2n) is 6.39. The van der Waals surface area contributed by atoms with E-state index in [1.807, 2.05) is 40.5 Å². The standard InChI is InChI=1S/C15H28N6O2S.HI/c1-5-16-15(19-13-6-7-24(22,23)11-13)17-9-14(20(2)3)12-8-18-21(4)10-12;/h8,10,13-14H,5-7,9,11H2,1-4H3,(H2,16,17,19);1H. The number of rotatable bonds is 6. The maximum Gasteiger partial charge on any atom is 0.191 e. The van der Waals surface area contributed by atoms with Gasteiger partial charge in [-0.3, -0.25) is 9.67 Å². The third-order valence-corrected chi connectivity index (χ3v) is 5.84. The molecule has 1 aromatic rings. The fraction of sp³-hybridized carbons (Fsp3) is 0.733. The van der Waals surface area contributed by atoms with Gasteiger partial charge in [-0.05, 0) is 27.4 Å². The Kier molecular flexibility index (Phi) is 8.61. The van der Waals surface area contributed by atoms with E-state index >= 15 is 0 Å². The molecule has 2 atom stereocenters. The van der Waals surface area contributed by atoms with Crippen molar-refractivity contribution < 1.29 is 8.42 Å². The third kappa shape index (κ3) is 6.74. The quantitative estimate of drug-likeness (QED) is 0.345. The molecule has 0 amide bonds. The van der Waals surface area contributed by atoms with Crippen LogP contribution in [0.25, 0.3) is 0 Å². The molecule has 2 heterocycles. The highest BCUT2D eigenvalue weighted by molar-refractivity contribution is 14.0. The van der Waals surface area contributed by atoms with E-state index in [1.165, 1.54) is 0 Å². The van der Waals surface area contributed by atoms with E-state index in [0.717, 1.165) is 12.1 Å². The van der Waals surface area contributed by atoms with Gasteiger partial charge in [0.05, 0.1) is 30.3 Å². The molecular formula is C15H29IN6O2S. The van der Waals surface area contributed by atoms with E-state index in [2.05, 4.69) is 25.6 Å². The van der Waals surface area contributed by atoms with E-state index in [-0.39, 0.29) is 47.6 Å². The van der Waals surface area contributed by atoms with Crippen molar-refractivity contribution in [1.82, 2.24) is 25.3 Å². The van der Waals surface area contributed by atoms with Gasteiger partial charge < -0.3 is 15.5 Å². The number of hydrogen-bond donors (Lipinski definition) is 2. The molecule has 0 aliphatic carbocycles. The van der Waals surface area contributed by atoms with Crippen molar-refractivity contribution >= 4 is 39.8 Å². The summed E-state index contributed by atoms with van der Waals surface area (Å²) in [6.45, 7) is 3.28. The normalized spacial score (nSPS) is 21.0. The first kappa shape index (κ1) is 22.2. The van der Waals surface area contributed by atoms with Crippen LogP contribution < -0.4 is 10.6 Å². The van der Waals surface area contributed by atoms with Crippen molar-refractivity contribution in [2.24, 2.45) is 12.0 Å². The summed E-state index contributed by atoms with van der Waals surface area (Å²) < 4.78 is 25.0. The number of halogens is 1. The van der Waals surface area contributed by atoms with Gasteiger partial charge in [0, 0.05) is 31.4 Å². The predicted molar refractivity (Wildman–Crippen MR) is 111 cm³/mol. The summed E-state index contributed by atoms with van der Waals surface area (Å²) in [5.41, 5.74) is 1.10. The van der Waals surface area contributed by atoms with Gasteiger partial charge in [-0.2, -0.15) is 5.10 Å². The monoisotopic (exact) mass is 484 g/mol. The number of nitrogens with zero attached hydrogens (tertiary/aromatic N) is 4. The molecule has 2 rings (SSSR count). The van der Waals surface area contributed by atoms with Gasteiger partial charge in [-0.1, -0.05) is 0 Å². The first-order valence-electron chi connectivity index (χ1n) is 8.21. The van der Waals surface area contributed by atoms with Gasteiger partial charge in [-0.15, -0.1) is 24.0 Å². The SMILES string of the molecule is CCNC(=NCC(c1cnn(C)c1)N(C)C)NC1CCS(=O)(=O)C1.I. The average molecular weight is 484 g/mol. The van der Waals surface area contributed by atoms with E-state index < -0.39 is 9.84 Å². The Morgan fingerprint density at radius 1 is 1.52 bits per heavy atom. The minimum absolute atomic E-state index is 0. The Morgan fingerprint density at radius 2 is 2.24 bits per heavy atom. The molecule has 1 aromatic heterocycles. The number of sulfone groups is 1. The highest BCUT2D eigenvalue weighted by atomic mass is 127. The van der Waals surface area contributed by atoms with Crippen molar-refractivity contribution in [3.8, 4) is 0 Å². The van der Waals surface area contributed by atoms with Crippen molar-refractivity contribution in [3.05, 3.63) is 18.0 Å². The van der Waals surface area contributed by atoms with Crippen molar-refractivity contribution in [2.75, 3.05) is 38.7 Å². The number of aromatic nitrogens is 2. The number of likely N-dealkylation sites (N-methyl/N-ethyl adjacent to an activating group) is 1. The fourth-order valence-electron chi connectivity index (χ4n) is 2.78. The van der Waals surface area contributed by atoms with Crippen LogP contribution in [-0.4, -0.2) is 73.8 Å². The van der Waals surface area contributed by atoms with Crippen LogP contribution in [0.5, 0.6) is 0 Å². The van der Waals surface area contributed by atoms with E-state index in [4.69, 9.17) is 0 Å². The lowest BCUT2D eigenvalue weighted by Gasteiger charge is -2.22. The summed E-state index contributed by atoms with van der Waals surface area (Å²) in [6, 6.07) is 0.0467. The molecule has 1 aliphatic rings. The second-order valence-corrected chi connectivity index (χ2v) is 8.62. The minimum atomic E-state index is -2.91. The molecule has 1 saturated heterocycles. The van der Waals surface area contributed by atoms with Gasteiger partial charge in [-0.25, -0.2) is 8.42 Å². The molecule has 8 nitrogen and oxygen atoms in total. The van der Waals surface area contributed by atoms with E-state index in [0.29, 0.717) is 18.9 Å². The maximum absolute atomic E-state index is 11.6. The van der Waals surface area contributed by atoms with Gasteiger partial charge in [0.15, 0.2) is 15.8 Å². The molecule has 2 unspecified atom stereocenters. The fourth-order valence-corrected chi connectivity index (χ4v) is 4.45. The summed E-state index contributed by atoms with van der Waals surface area (Å²) in [7, 11) is 3.01. The molecule has 2 N–H and O–H groups in total. The smallest absolute Gasteiger partial charge is 0.191 e. The lowest BCUT2D eigenvalue weighted by Crippen LogP contribution is -2.44. The molecule has 0 radical (unpaired) electrons. The van der Waals surface area contributed by atoms with Crippen molar-refractivity contribution in [3.63, 3.8) is 0 Å². The highest BCUT2D eigenvalue weighted by Gasteiger charge is 2.28. The number of hydrogen-bond acceptors (Lipinski definition) is 5. The van der Waals surface area contributed by atoms with Gasteiger partial charge in [0.1, 0.15) is 0 Å². The Morgan fingerprint density at radius 3 is 2.72 bits per heavy atom. The zero-order valence-corrected chi connectivity index (χ0v) is 18.4. The molecular weight excluding hydrogens is 455 g/mol. The highest BCUT2D eigenvalue weighted by Crippen LogP contribution is 2.17. The van der Waals surface area contributed by atoms with E-state index in [9.17, 15) is 8.42 Å². The van der Waals surface area contributed by atoms with E-state index in [1.54, 1.807) is 4.68 Å². The van der Waals surface area contributed by atoms with Crippen LogP contribution in [0.15, 0.2) is 17.4 Å². The molecule has 0 aromatic carbocycles. The number of nitrogens with one attached hydrogen (secondary N) is 2. The molecule has 1 aliphatic heterocycles. The number of guanidine groups is 1. The Labute approximate surface area is 167 Å². The van der Waals surface area contributed by atoms with Gasteiger partial charge in [0.25, 0.3) is 0 Å². The summed E-state index contributed by atoms with van der Waals surface area (Å²) in [5.74, 6) is 1.09. The predicted octanol–water partition coefficient (Wildman–Crippen LogP) is 0.383. The molecule has 10 heteroatoms. The zero-order chi connectivity index (χ0) is 17.7. The summed E-state index contributed by atoms with van der Waals surface area (Å²) in [6.07, 6.45) is 4.47. The molecule has 0 bridgehead atoms. The Balaban J connectivity index is 0.00000312. The lowest BCUT2D eigenvalue weighted by atomic mass is 10.1. The van der Waals surface area contributed by atoms with Crippen LogP contribution in [0.4, 0.5) is 0 Å². The van der Waals surface area contributed by atoms with Crippen LogP contribution in [0.2, 0.25) is 0 Å². The van der Waals surface area contributed by atoms with Crippen molar-refractivity contribution in [2.45, 2.75) is 25.4 Å². The first-order valence-corrected chi connectivity index (χ1v) is 10.0. The lowest BCUT2D eigenvalue weighted by molar-refractivity contribution is 0.306. The molecule has 144 valence electrons. The van der Waals surface area contributed by atoms with Gasteiger partial charge >= 0.3 is 0 Å². The van der Waals surface area contributed by atoms with Crippen LogP contribution in [0.1, 0.15) is 24.9 Å². The molecule has 0 spiro atoms. The average Bonchev–Trinajstić information content (AvgIpc) is 3.05. The Bertz CT molecular complexity index is 673. The molecule has 1 fully saturated rings. The van der Waals surface area contributed by atoms with Crippen LogP contribution in [0.3, 0.4) is 0 Å². The van der Waals surface area contributed by atoms with Crippen LogP contribution in [0, 0.1) is 0 Å². The maximum atomic E-state index is 11.6. The van der Waals surface area contributed by atoms with Gasteiger partial charge in [0.2, 0.25) is 0 Å². The Hall–Kier alpha value is -0.880. The molecule has 0 saturated carbocycles.